The lowest BCUT2D eigenvalue weighted by molar-refractivity contribution is -0.113. The molecule has 2 aliphatic heterocycles. The number of carbonyl (C=O) groups is 2. The topological polar surface area (TPSA) is 62.3 Å². The van der Waals surface area contributed by atoms with Crippen LogP contribution in [0.1, 0.15) is 24.8 Å². The van der Waals surface area contributed by atoms with Crippen molar-refractivity contribution in [2.24, 2.45) is 0 Å². The van der Waals surface area contributed by atoms with Crippen molar-refractivity contribution < 1.29 is 19.1 Å². The van der Waals surface area contributed by atoms with Crippen LogP contribution in [0.25, 0.3) is 6.08 Å². The first-order valence-electron chi connectivity index (χ1n) is 13.9. The Morgan fingerprint density at radius 1 is 0.854 bits per heavy atom. The smallest absolute Gasteiger partial charge is 0.298 e. The van der Waals surface area contributed by atoms with Crippen LogP contribution in [0.5, 0.6) is 17.2 Å². The molecule has 2 fully saturated rings. The molecule has 0 bridgehead atoms. The van der Waals surface area contributed by atoms with Gasteiger partial charge in [-0.3, -0.25) is 9.59 Å². The molecule has 0 atom stereocenters. The number of thioether (sulfide) groups is 1. The van der Waals surface area contributed by atoms with Crippen LogP contribution in [-0.2, 0) is 4.79 Å². The number of imide groups is 1. The molecule has 0 unspecified atom stereocenters. The van der Waals surface area contributed by atoms with Gasteiger partial charge in [0.05, 0.1) is 17.2 Å². The number of likely N-dealkylation sites (N-methyl/N-ethyl adjacent to an activating group) is 1. The predicted octanol–water partition coefficient (Wildman–Crippen LogP) is 7.28. The van der Waals surface area contributed by atoms with Gasteiger partial charge >= 0.3 is 0 Å². The third-order valence-electron chi connectivity index (χ3n) is 7.08. The van der Waals surface area contributed by atoms with Crippen LogP contribution in [0.4, 0.5) is 10.5 Å². The zero-order valence-corrected chi connectivity index (χ0v) is 25.5. The van der Waals surface area contributed by atoms with E-state index in [4.69, 9.17) is 9.47 Å². The molecule has 0 aliphatic carbocycles. The van der Waals surface area contributed by atoms with Gasteiger partial charge in [-0.2, -0.15) is 0 Å². The summed E-state index contributed by atoms with van der Waals surface area (Å²) in [5.74, 6) is 1.74. The second-order valence-corrected chi connectivity index (χ2v) is 12.1. The number of anilines is 1. The molecule has 0 N–H and O–H groups in total. The fourth-order valence-corrected chi connectivity index (χ4v) is 5.81. The van der Waals surface area contributed by atoms with E-state index in [9.17, 15) is 9.59 Å². The summed E-state index contributed by atoms with van der Waals surface area (Å²) in [5, 5.41) is -0.322. The number of unbranched alkanes of at least 4 members (excludes halogenated alkanes) is 2. The summed E-state index contributed by atoms with van der Waals surface area (Å²) in [4.78, 5) is 32.5. The van der Waals surface area contributed by atoms with Crippen LogP contribution in [0.2, 0.25) is 0 Å². The standard InChI is InChI=1S/C32H34BrN3O4S/c1-34-17-19-35(20-18-34)16-3-2-4-21-39-29-7-5-6-26(23-29)36-31(37)30(41-32(36)38)22-24-8-12-27(13-9-24)40-28-14-10-25(33)11-15-28/h5-15,22-23H,2-4,16-21H2,1H3. The normalized spacial score (nSPS) is 17.4. The molecule has 5 rings (SSSR count). The first-order chi connectivity index (χ1) is 19.9. The number of piperazine rings is 1. The van der Waals surface area contributed by atoms with Crippen molar-refractivity contribution in [3.63, 3.8) is 0 Å². The van der Waals surface area contributed by atoms with E-state index in [2.05, 4.69) is 32.8 Å². The highest BCUT2D eigenvalue weighted by molar-refractivity contribution is 9.10. The molecule has 2 aliphatic rings. The van der Waals surface area contributed by atoms with Crippen molar-refractivity contribution in [3.8, 4) is 17.2 Å². The van der Waals surface area contributed by atoms with E-state index in [0.29, 0.717) is 28.7 Å². The van der Waals surface area contributed by atoms with Gasteiger partial charge in [-0.15, -0.1) is 0 Å². The van der Waals surface area contributed by atoms with Gasteiger partial charge in [-0.05, 0) is 105 Å². The minimum Gasteiger partial charge on any atom is -0.494 e. The molecule has 3 aromatic carbocycles. The number of carbonyl (C=O) groups excluding carboxylic acids is 2. The van der Waals surface area contributed by atoms with E-state index in [1.807, 2.05) is 60.7 Å². The quantitative estimate of drug-likeness (QED) is 0.162. The van der Waals surface area contributed by atoms with E-state index in [-0.39, 0.29) is 11.1 Å². The lowest BCUT2D eigenvalue weighted by Gasteiger charge is -2.32. The van der Waals surface area contributed by atoms with Gasteiger partial charge in [0.2, 0.25) is 0 Å². The van der Waals surface area contributed by atoms with Gasteiger partial charge in [0.1, 0.15) is 17.2 Å². The van der Waals surface area contributed by atoms with Gasteiger partial charge in [-0.25, -0.2) is 4.90 Å². The molecule has 0 saturated carbocycles. The van der Waals surface area contributed by atoms with Crippen molar-refractivity contribution in [1.29, 1.82) is 0 Å². The fraction of sp³-hybridized carbons (Fsp3) is 0.312. The van der Waals surface area contributed by atoms with E-state index in [1.165, 1.54) is 4.90 Å². The molecule has 9 heteroatoms. The van der Waals surface area contributed by atoms with Gasteiger partial charge in [0, 0.05) is 36.7 Å². The lowest BCUT2D eigenvalue weighted by Crippen LogP contribution is -2.44. The number of ether oxygens (including phenoxy) is 2. The van der Waals surface area contributed by atoms with Crippen molar-refractivity contribution >= 4 is 50.6 Å². The van der Waals surface area contributed by atoms with Crippen LogP contribution in [0.3, 0.4) is 0 Å². The van der Waals surface area contributed by atoms with Gasteiger partial charge < -0.3 is 19.3 Å². The largest absolute Gasteiger partial charge is 0.494 e. The van der Waals surface area contributed by atoms with Crippen molar-refractivity contribution in [1.82, 2.24) is 9.80 Å². The predicted molar refractivity (Wildman–Crippen MR) is 169 cm³/mol. The fourth-order valence-electron chi connectivity index (χ4n) is 4.70. The van der Waals surface area contributed by atoms with E-state index >= 15 is 0 Å². The summed E-state index contributed by atoms with van der Waals surface area (Å²) in [7, 11) is 2.18. The average Bonchev–Trinajstić information content (AvgIpc) is 3.26. The maximum atomic E-state index is 13.2. The second-order valence-electron chi connectivity index (χ2n) is 10.2. The number of amides is 2. The summed E-state index contributed by atoms with van der Waals surface area (Å²) >= 11 is 4.35. The minimum absolute atomic E-state index is 0.322. The molecular formula is C32H34BrN3O4S. The van der Waals surface area contributed by atoms with Gasteiger partial charge in [0.15, 0.2) is 0 Å². The van der Waals surface area contributed by atoms with Crippen molar-refractivity contribution in [2.75, 3.05) is 51.3 Å². The number of hydrogen-bond acceptors (Lipinski definition) is 7. The van der Waals surface area contributed by atoms with Crippen LogP contribution in [-0.4, -0.2) is 67.3 Å². The highest BCUT2D eigenvalue weighted by Crippen LogP contribution is 2.37. The summed E-state index contributed by atoms with van der Waals surface area (Å²) in [6.07, 6.45) is 4.97. The zero-order valence-electron chi connectivity index (χ0n) is 23.1. The highest BCUT2D eigenvalue weighted by atomic mass is 79.9. The maximum Gasteiger partial charge on any atom is 0.298 e. The van der Waals surface area contributed by atoms with Crippen LogP contribution < -0.4 is 14.4 Å². The molecule has 0 aromatic heterocycles. The molecule has 7 nitrogen and oxygen atoms in total. The highest BCUT2D eigenvalue weighted by Gasteiger charge is 2.36. The maximum absolute atomic E-state index is 13.2. The Labute approximate surface area is 254 Å². The van der Waals surface area contributed by atoms with E-state index in [1.54, 1.807) is 18.2 Å². The number of benzene rings is 3. The summed E-state index contributed by atoms with van der Waals surface area (Å²) in [6, 6.07) is 22.2. The molecule has 3 aromatic rings. The summed E-state index contributed by atoms with van der Waals surface area (Å²) < 4.78 is 12.8. The SMILES string of the molecule is CN1CCN(CCCCCOc2cccc(N3C(=O)SC(=Cc4ccc(Oc5ccc(Br)cc5)cc4)C3=O)c2)CC1. The third kappa shape index (κ3) is 8.23. The van der Waals surface area contributed by atoms with Crippen molar-refractivity contribution in [2.45, 2.75) is 19.3 Å². The van der Waals surface area contributed by atoms with Gasteiger partial charge in [-0.1, -0.05) is 34.1 Å². The third-order valence-corrected chi connectivity index (χ3v) is 8.48. The number of nitrogens with zero attached hydrogens (tertiary/aromatic N) is 3. The Hall–Kier alpha value is -3.11. The summed E-state index contributed by atoms with van der Waals surface area (Å²) in [6.45, 7) is 6.34. The first-order valence-corrected chi connectivity index (χ1v) is 15.5. The monoisotopic (exact) mass is 635 g/mol. The zero-order chi connectivity index (χ0) is 28.6. The van der Waals surface area contributed by atoms with Gasteiger partial charge in [0.25, 0.3) is 11.1 Å². The molecule has 0 radical (unpaired) electrons. The Balaban J connectivity index is 1.12. The Bertz CT molecular complexity index is 1370. The minimum atomic E-state index is -0.337. The number of halogens is 1. The Morgan fingerprint density at radius 2 is 1.56 bits per heavy atom. The van der Waals surface area contributed by atoms with Crippen LogP contribution >= 0.6 is 27.7 Å². The average molecular weight is 637 g/mol. The molecule has 2 heterocycles. The molecule has 0 spiro atoms. The number of hydrogen-bond donors (Lipinski definition) is 0. The molecule has 2 amide bonds. The summed E-state index contributed by atoms with van der Waals surface area (Å²) in [5.41, 5.74) is 1.32. The molecule has 41 heavy (non-hydrogen) atoms. The first kappa shape index (κ1) is 29.4. The Morgan fingerprint density at radius 3 is 2.29 bits per heavy atom. The van der Waals surface area contributed by atoms with Crippen LogP contribution in [0.15, 0.2) is 82.2 Å². The second kappa shape index (κ2) is 14.2. The lowest BCUT2D eigenvalue weighted by atomic mass is 10.2. The van der Waals surface area contributed by atoms with E-state index < -0.39 is 0 Å². The molecular weight excluding hydrogens is 602 g/mol. The number of rotatable bonds is 11. The van der Waals surface area contributed by atoms with E-state index in [0.717, 1.165) is 79.5 Å². The van der Waals surface area contributed by atoms with Crippen molar-refractivity contribution in [3.05, 3.63) is 87.7 Å². The molecule has 2 saturated heterocycles. The molecule has 214 valence electrons. The van der Waals surface area contributed by atoms with Crippen LogP contribution in [0, 0.1) is 0 Å². The Kier molecular flexibility index (Phi) is 10.2.